The fourth-order valence-electron chi connectivity index (χ4n) is 0.845. The predicted octanol–water partition coefficient (Wildman–Crippen LogP) is 1.57. The molecular weight excluding hydrogens is 111 g/mol. The minimum atomic E-state index is 0.900. The molecule has 2 aromatic rings. The molecule has 0 fully saturated rings. The quantitative estimate of drug-likeness (QED) is 0.507. The summed E-state index contributed by atoms with van der Waals surface area (Å²) in [5, 5.41) is 1.04. The monoisotopic (exact) mass is 115 g/mol. The summed E-state index contributed by atoms with van der Waals surface area (Å²) in [6.07, 6.45) is 0. The molecule has 0 unspecified atom stereocenters. The molecule has 1 heterocycles. The zero-order chi connectivity index (χ0) is 6.10. The molecule has 1 radical (unpaired) electrons. The third-order valence-electron chi connectivity index (χ3n) is 1.29. The van der Waals surface area contributed by atoms with Gasteiger partial charge >= 0.3 is 52.7 Å². The van der Waals surface area contributed by atoms with Gasteiger partial charge in [0, 0.05) is 0 Å². The van der Waals surface area contributed by atoms with Gasteiger partial charge in [-0.2, -0.15) is 0 Å². The Morgan fingerprint density at radius 1 is 1.33 bits per heavy atom. The molecule has 9 heavy (non-hydrogen) atoms. The van der Waals surface area contributed by atoms with Gasteiger partial charge < -0.3 is 0 Å². The summed E-state index contributed by atoms with van der Waals surface area (Å²) in [6.45, 7) is 0. The van der Waals surface area contributed by atoms with Gasteiger partial charge in [-0.1, -0.05) is 0 Å². The Kier molecular flexibility index (Phi) is 0.920. The molecule has 0 saturated carbocycles. The van der Waals surface area contributed by atoms with E-state index in [1.54, 1.807) is 7.13 Å². The fraction of sp³-hybridized carbons (Fsp3) is 0. The van der Waals surface area contributed by atoms with Crippen LogP contribution in [0.15, 0.2) is 28.6 Å². The molecule has 41 valence electrons. The maximum atomic E-state index is 5.06. The Labute approximate surface area is 53.5 Å². The molecule has 2 heteroatoms. The van der Waals surface area contributed by atoms with E-state index < -0.39 is 0 Å². The zero-order valence-electron chi connectivity index (χ0n) is 4.79. The number of para-hydroxylation sites is 1. The van der Waals surface area contributed by atoms with Gasteiger partial charge in [0.15, 0.2) is 0 Å². The predicted molar refractivity (Wildman–Crippen MR) is 36.4 cm³/mol. The first-order valence-corrected chi connectivity index (χ1v) is 2.81. The van der Waals surface area contributed by atoms with Crippen molar-refractivity contribution in [2.75, 3.05) is 0 Å². The molecule has 0 atom stereocenters. The van der Waals surface area contributed by atoms with Crippen LogP contribution in [0.2, 0.25) is 0 Å². The first kappa shape index (κ1) is 4.80. The second-order valence-corrected chi connectivity index (χ2v) is 1.88. The van der Waals surface area contributed by atoms with Crippen molar-refractivity contribution in [2.45, 2.75) is 0 Å². The van der Waals surface area contributed by atoms with Crippen LogP contribution >= 0.6 is 0 Å². The number of benzene rings is 1. The normalized spacial score (nSPS) is 9.78. The van der Waals surface area contributed by atoms with Crippen molar-refractivity contribution in [1.82, 2.24) is 0 Å². The van der Waals surface area contributed by atoms with Gasteiger partial charge in [-0.3, -0.25) is 0 Å². The van der Waals surface area contributed by atoms with E-state index in [1.165, 1.54) is 0 Å². The SMILES string of the molecule is b1[c]c2ccccc2o1. The third kappa shape index (κ3) is 0.671. The molecule has 0 amide bonds. The summed E-state index contributed by atoms with van der Waals surface area (Å²) in [7, 11) is 1.57. The van der Waals surface area contributed by atoms with Crippen LogP contribution in [0.5, 0.6) is 0 Å². The van der Waals surface area contributed by atoms with Crippen molar-refractivity contribution in [1.29, 1.82) is 0 Å². The Bertz CT molecular complexity index is 283. The van der Waals surface area contributed by atoms with E-state index in [1.807, 2.05) is 24.3 Å². The van der Waals surface area contributed by atoms with Gasteiger partial charge in [-0.05, 0) is 0 Å². The summed E-state index contributed by atoms with van der Waals surface area (Å²) >= 11 is 0. The Morgan fingerprint density at radius 2 is 2.22 bits per heavy atom. The minimum absolute atomic E-state index is 0.900. The van der Waals surface area contributed by atoms with E-state index in [-0.39, 0.29) is 0 Å². The van der Waals surface area contributed by atoms with E-state index >= 15 is 0 Å². The van der Waals surface area contributed by atoms with Gasteiger partial charge in [-0.25, -0.2) is 0 Å². The van der Waals surface area contributed by atoms with Gasteiger partial charge in [-0.15, -0.1) is 0 Å². The molecule has 0 N–H and O–H groups in total. The molecular formula is C7H4BO. The van der Waals surface area contributed by atoms with Crippen LogP contribution in [-0.2, 0) is 0 Å². The van der Waals surface area contributed by atoms with Crippen molar-refractivity contribution < 1.29 is 4.33 Å². The molecule has 2 rings (SSSR count). The second kappa shape index (κ2) is 1.73. The molecule has 0 bridgehead atoms. The zero-order valence-corrected chi connectivity index (χ0v) is 4.79. The van der Waals surface area contributed by atoms with Gasteiger partial charge in [0.2, 0.25) is 0 Å². The third-order valence-corrected chi connectivity index (χ3v) is 1.29. The van der Waals surface area contributed by atoms with Gasteiger partial charge in [0.25, 0.3) is 0 Å². The Hall–Kier alpha value is -1.05. The van der Waals surface area contributed by atoms with Crippen molar-refractivity contribution in [3.8, 4) is 0 Å². The van der Waals surface area contributed by atoms with Crippen LogP contribution in [0.1, 0.15) is 0 Å². The number of hydrogen-bond donors (Lipinski definition) is 0. The first-order valence-electron chi connectivity index (χ1n) is 2.81. The topological polar surface area (TPSA) is 13.1 Å². The van der Waals surface area contributed by atoms with Crippen LogP contribution in [0.4, 0.5) is 0 Å². The summed E-state index contributed by atoms with van der Waals surface area (Å²) in [4.78, 5) is 0. The molecule has 1 aromatic carbocycles. The molecule has 0 aliphatic rings. The molecule has 0 spiro atoms. The van der Waals surface area contributed by atoms with Crippen molar-refractivity contribution in [3.05, 3.63) is 30.2 Å². The molecule has 1 nitrogen and oxygen atoms in total. The fourth-order valence-corrected chi connectivity index (χ4v) is 0.845. The van der Waals surface area contributed by atoms with Crippen LogP contribution in [0, 0.1) is 5.96 Å². The summed E-state index contributed by atoms with van der Waals surface area (Å²) in [5.41, 5.74) is 0.900. The van der Waals surface area contributed by atoms with E-state index in [9.17, 15) is 0 Å². The van der Waals surface area contributed by atoms with Crippen LogP contribution in [-0.4, -0.2) is 7.13 Å². The van der Waals surface area contributed by atoms with Gasteiger partial charge in [0.05, 0.1) is 0 Å². The van der Waals surface area contributed by atoms with Crippen molar-refractivity contribution in [3.63, 3.8) is 0 Å². The van der Waals surface area contributed by atoms with Crippen molar-refractivity contribution in [2.24, 2.45) is 0 Å². The number of rotatable bonds is 0. The molecule has 1 aromatic heterocycles. The van der Waals surface area contributed by atoms with Crippen LogP contribution in [0.3, 0.4) is 0 Å². The average Bonchev–Trinajstić information content (AvgIpc) is 2.33. The Balaban J connectivity index is 2.95. The number of hydrogen-bond acceptors (Lipinski definition) is 1. The number of fused-ring (bicyclic) bond motifs is 1. The van der Waals surface area contributed by atoms with Crippen LogP contribution < -0.4 is 0 Å². The van der Waals surface area contributed by atoms with E-state index in [4.69, 9.17) is 4.33 Å². The summed E-state index contributed by atoms with van der Waals surface area (Å²) in [5.74, 6) is 2.95. The van der Waals surface area contributed by atoms with E-state index in [0.29, 0.717) is 0 Å². The Morgan fingerprint density at radius 3 is 3.11 bits per heavy atom. The van der Waals surface area contributed by atoms with Crippen molar-refractivity contribution >= 4 is 18.1 Å². The van der Waals surface area contributed by atoms with Gasteiger partial charge in [0.1, 0.15) is 0 Å². The molecule has 0 aliphatic carbocycles. The average molecular weight is 115 g/mol. The standard InChI is InChI=1S/C7H4BO/c1-2-4-7-6(3-1)5-8-9-7/h1-4H. The van der Waals surface area contributed by atoms with Crippen LogP contribution in [0.25, 0.3) is 11.0 Å². The summed E-state index contributed by atoms with van der Waals surface area (Å²) < 4.78 is 5.06. The van der Waals surface area contributed by atoms with E-state index in [0.717, 1.165) is 11.0 Å². The molecule has 0 saturated heterocycles. The molecule has 0 aliphatic heterocycles. The first-order chi connectivity index (χ1) is 4.47. The summed E-state index contributed by atoms with van der Waals surface area (Å²) in [6, 6.07) is 7.80. The van der Waals surface area contributed by atoms with E-state index in [2.05, 4.69) is 5.96 Å². The second-order valence-electron chi connectivity index (χ2n) is 1.88. The maximum absolute atomic E-state index is 5.06.